The zero-order chi connectivity index (χ0) is 18.3. The molecule has 0 fully saturated rings. The zero-order valence-corrected chi connectivity index (χ0v) is 14.4. The van der Waals surface area contributed by atoms with Gasteiger partial charge in [0.05, 0.1) is 19.3 Å². The molecule has 0 N–H and O–H groups in total. The van der Waals surface area contributed by atoms with Crippen LogP contribution in [0.1, 0.15) is 10.4 Å². The summed E-state index contributed by atoms with van der Waals surface area (Å²) < 4.78 is 11.7. The van der Waals surface area contributed by atoms with Crippen LogP contribution in [-0.2, 0) is 9.53 Å². The van der Waals surface area contributed by atoms with Crippen molar-refractivity contribution in [3.8, 4) is 5.75 Å². The third kappa shape index (κ3) is 2.53. The molecule has 4 rings (SSSR count). The van der Waals surface area contributed by atoms with Gasteiger partial charge in [0.2, 0.25) is 6.10 Å². The van der Waals surface area contributed by atoms with Crippen molar-refractivity contribution < 1.29 is 19.1 Å². The molecule has 0 unspecified atom stereocenters. The summed E-state index contributed by atoms with van der Waals surface area (Å²) in [5, 5.41) is 1.72. The molecule has 1 aliphatic rings. The lowest BCUT2D eigenvalue weighted by Crippen LogP contribution is -2.48. The summed E-state index contributed by atoms with van der Waals surface area (Å²) in [4.78, 5) is 43.6. The molecule has 132 valence electrons. The molecule has 2 aromatic heterocycles. The van der Waals surface area contributed by atoms with Gasteiger partial charge in [-0.05, 0) is 12.1 Å². The number of para-hydroxylation sites is 2. The number of carbonyl (C=O) groups is 2. The molecule has 0 saturated heterocycles. The minimum Gasteiger partial charge on any atom is -0.475 e. The molecular formula is C17H13N3O5S. The van der Waals surface area contributed by atoms with Crippen LogP contribution in [0.2, 0.25) is 0 Å². The Kier molecular flexibility index (Phi) is 3.92. The van der Waals surface area contributed by atoms with Gasteiger partial charge in [0.15, 0.2) is 4.96 Å². The van der Waals surface area contributed by atoms with Gasteiger partial charge in [0.1, 0.15) is 11.3 Å². The highest BCUT2D eigenvalue weighted by Crippen LogP contribution is 2.34. The number of hydrogen-bond acceptors (Lipinski definition) is 7. The number of carbonyl (C=O) groups excluding carboxylic acids is 2. The molecular weight excluding hydrogens is 358 g/mol. The first-order valence-electron chi connectivity index (χ1n) is 7.70. The van der Waals surface area contributed by atoms with Crippen LogP contribution in [0.15, 0.2) is 46.8 Å². The Bertz CT molecular complexity index is 1070. The SMILES string of the molecule is COC(=O)[C@H]1CN(C(=O)c2cnc3sccn3c2=O)c2ccccc2O1. The van der Waals surface area contributed by atoms with Crippen molar-refractivity contribution in [2.24, 2.45) is 0 Å². The molecule has 26 heavy (non-hydrogen) atoms. The fourth-order valence-electron chi connectivity index (χ4n) is 2.80. The van der Waals surface area contributed by atoms with E-state index in [4.69, 9.17) is 9.47 Å². The van der Waals surface area contributed by atoms with Crippen LogP contribution in [0.5, 0.6) is 5.75 Å². The standard InChI is InChI=1S/C17H13N3O5S/c1-24-16(23)13-9-20(11-4-2-3-5-12(11)25-13)15(22)10-8-18-17-19(14(10)21)6-7-26-17/h2-8,13H,9H2,1H3/t13-/m1/s1. The lowest BCUT2D eigenvalue weighted by Gasteiger charge is -2.33. The van der Waals surface area contributed by atoms with Gasteiger partial charge in [0.25, 0.3) is 11.5 Å². The van der Waals surface area contributed by atoms with E-state index in [9.17, 15) is 14.4 Å². The highest BCUT2D eigenvalue weighted by atomic mass is 32.1. The Balaban J connectivity index is 1.79. The number of methoxy groups -OCH3 is 1. The predicted octanol–water partition coefficient (Wildman–Crippen LogP) is 1.34. The molecule has 1 amide bonds. The Hall–Kier alpha value is -3.20. The van der Waals surface area contributed by atoms with Crippen LogP contribution >= 0.6 is 11.3 Å². The number of thiazole rings is 1. The van der Waals surface area contributed by atoms with Crippen molar-refractivity contribution >= 4 is 33.9 Å². The summed E-state index contributed by atoms with van der Waals surface area (Å²) in [7, 11) is 1.25. The Morgan fingerprint density at radius 3 is 2.96 bits per heavy atom. The highest BCUT2D eigenvalue weighted by molar-refractivity contribution is 7.15. The maximum atomic E-state index is 13.1. The first kappa shape index (κ1) is 16.3. The van der Waals surface area contributed by atoms with Crippen molar-refractivity contribution in [2.75, 3.05) is 18.6 Å². The normalized spacial score (nSPS) is 16.0. The summed E-state index contributed by atoms with van der Waals surface area (Å²) in [6.07, 6.45) is 1.86. The van der Waals surface area contributed by atoms with Gasteiger partial charge < -0.3 is 14.4 Å². The Labute approximate surface area is 151 Å². The van der Waals surface area contributed by atoms with Crippen molar-refractivity contribution in [2.45, 2.75) is 6.10 Å². The van der Waals surface area contributed by atoms with Gasteiger partial charge in [-0.1, -0.05) is 12.1 Å². The third-order valence-electron chi connectivity index (χ3n) is 4.06. The number of amides is 1. The number of ether oxygens (including phenoxy) is 2. The second-order valence-electron chi connectivity index (χ2n) is 5.55. The van der Waals surface area contributed by atoms with E-state index in [2.05, 4.69) is 4.98 Å². The van der Waals surface area contributed by atoms with Crippen LogP contribution in [0.4, 0.5) is 5.69 Å². The molecule has 0 bridgehead atoms. The molecule has 0 spiro atoms. The zero-order valence-electron chi connectivity index (χ0n) is 13.6. The minimum atomic E-state index is -0.973. The fraction of sp³-hybridized carbons (Fsp3) is 0.176. The van der Waals surface area contributed by atoms with E-state index in [1.54, 1.807) is 35.8 Å². The van der Waals surface area contributed by atoms with E-state index in [-0.39, 0.29) is 12.1 Å². The van der Waals surface area contributed by atoms with Crippen molar-refractivity contribution in [1.29, 1.82) is 0 Å². The van der Waals surface area contributed by atoms with Crippen LogP contribution in [0.25, 0.3) is 4.96 Å². The lowest BCUT2D eigenvalue weighted by atomic mass is 10.1. The summed E-state index contributed by atoms with van der Waals surface area (Å²) in [6, 6.07) is 6.82. The third-order valence-corrected chi connectivity index (χ3v) is 4.83. The number of fused-ring (bicyclic) bond motifs is 2. The van der Waals surface area contributed by atoms with Crippen LogP contribution in [-0.4, -0.2) is 41.0 Å². The Morgan fingerprint density at radius 1 is 1.35 bits per heavy atom. The van der Waals surface area contributed by atoms with Crippen LogP contribution < -0.4 is 15.2 Å². The predicted molar refractivity (Wildman–Crippen MR) is 93.9 cm³/mol. The molecule has 0 aliphatic carbocycles. The van der Waals surface area contributed by atoms with Crippen molar-refractivity contribution in [3.05, 3.63) is 58.0 Å². The van der Waals surface area contributed by atoms with E-state index in [0.717, 1.165) is 0 Å². The summed E-state index contributed by atoms with van der Waals surface area (Å²) in [5.41, 5.74) is -0.0615. The molecule has 0 radical (unpaired) electrons. The molecule has 1 aromatic carbocycles. The summed E-state index contributed by atoms with van der Waals surface area (Å²) >= 11 is 1.30. The van der Waals surface area contributed by atoms with Crippen molar-refractivity contribution in [3.63, 3.8) is 0 Å². The minimum absolute atomic E-state index is 0.0612. The summed E-state index contributed by atoms with van der Waals surface area (Å²) in [6.45, 7) is -0.0612. The number of anilines is 1. The number of esters is 1. The second kappa shape index (κ2) is 6.26. The first-order valence-corrected chi connectivity index (χ1v) is 8.58. The van der Waals surface area contributed by atoms with Gasteiger partial charge in [-0.2, -0.15) is 0 Å². The number of hydrogen-bond donors (Lipinski definition) is 0. The molecule has 8 nitrogen and oxygen atoms in total. The van der Waals surface area contributed by atoms with E-state index in [1.807, 2.05) is 0 Å². The topological polar surface area (TPSA) is 90.2 Å². The van der Waals surface area contributed by atoms with E-state index >= 15 is 0 Å². The van der Waals surface area contributed by atoms with Gasteiger partial charge in [-0.3, -0.25) is 14.0 Å². The maximum absolute atomic E-state index is 13.1. The van der Waals surface area contributed by atoms with Gasteiger partial charge >= 0.3 is 5.97 Å². The molecule has 9 heteroatoms. The van der Waals surface area contributed by atoms with E-state index in [1.165, 1.54) is 33.9 Å². The largest absolute Gasteiger partial charge is 0.475 e. The van der Waals surface area contributed by atoms with E-state index in [0.29, 0.717) is 16.4 Å². The molecule has 1 atom stereocenters. The highest BCUT2D eigenvalue weighted by Gasteiger charge is 2.35. The monoisotopic (exact) mass is 371 g/mol. The number of rotatable bonds is 2. The molecule has 3 aromatic rings. The average Bonchev–Trinajstić information content (AvgIpc) is 3.16. The Morgan fingerprint density at radius 2 is 2.15 bits per heavy atom. The quantitative estimate of drug-likeness (QED) is 0.632. The van der Waals surface area contributed by atoms with Gasteiger partial charge in [-0.25, -0.2) is 9.78 Å². The molecule has 1 aliphatic heterocycles. The lowest BCUT2D eigenvalue weighted by molar-refractivity contribution is -0.148. The smallest absolute Gasteiger partial charge is 0.348 e. The summed E-state index contributed by atoms with van der Waals surface area (Å²) in [5.74, 6) is -0.777. The maximum Gasteiger partial charge on any atom is 0.348 e. The van der Waals surface area contributed by atoms with E-state index < -0.39 is 23.5 Å². The average molecular weight is 371 g/mol. The second-order valence-corrected chi connectivity index (χ2v) is 6.42. The van der Waals surface area contributed by atoms with Gasteiger partial charge in [-0.15, -0.1) is 11.3 Å². The molecule has 0 saturated carbocycles. The number of aromatic nitrogens is 2. The van der Waals surface area contributed by atoms with Crippen LogP contribution in [0.3, 0.4) is 0 Å². The number of nitrogens with zero attached hydrogens (tertiary/aromatic N) is 3. The van der Waals surface area contributed by atoms with Crippen molar-refractivity contribution in [1.82, 2.24) is 9.38 Å². The van der Waals surface area contributed by atoms with Crippen LogP contribution in [0, 0.1) is 0 Å². The molecule has 3 heterocycles. The fourth-order valence-corrected chi connectivity index (χ4v) is 3.47. The number of benzene rings is 1. The first-order chi connectivity index (χ1) is 12.6. The van der Waals surface area contributed by atoms with Gasteiger partial charge in [0, 0.05) is 17.8 Å².